The Balaban J connectivity index is 2.78. The van der Waals surface area contributed by atoms with Crippen molar-refractivity contribution >= 4 is 5.97 Å². The molecule has 0 aromatic carbocycles. The third kappa shape index (κ3) is 2.48. The predicted molar refractivity (Wildman–Crippen MR) is 53.0 cm³/mol. The van der Waals surface area contributed by atoms with Crippen molar-refractivity contribution in [2.75, 3.05) is 26.3 Å². The first-order valence-corrected chi connectivity index (χ1v) is 4.92. The molecular weight excluding hydrogens is 182 g/mol. The molecule has 80 valence electrons. The van der Waals surface area contributed by atoms with E-state index in [1.54, 1.807) is 6.92 Å². The topological polar surface area (TPSA) is 49.8 Å². The van der Waals surface area contributed by atoms with Gasteiger partial charge in [0.2, 0.25) is 0 Å². The largest absolute Gasteiger partial charge is 0.478 e. The van der Waals surface area contributed by atoms with Gasteiger partial charge in [0.25, 0.3) is 0 Å². The normalized spacial score (nSPS) is 19.1. The van der Waals surface area contributed by atoms with Crippen LogP contribution < -0.4 is 0 Å². The molecule has 0 atom stereocenters. The fraction of sp³-hybridized carbons (Fsp3) is 0.700. The van der Waals surface area contributed by atoms with E-state index >= 15 is 0 Å². The summed E-state index contributed by atoms with van der Waals surface area (Å²) in [7, 11) is 0. The molecule has 1 saturated heterocycles. The Morgan fingerprint density at radius 3 is 2.43 bits per heavy atom. The highest BCUT2D eigenvalue weighted by Gasteiger charge is 2.17. The number of hydrogen-bond donors (Lipinski definition) is 1. The molecule has 1 rings (SSSR count). The zero-order chi connectivity index (χ0) is 10.6. The first-order valence-electron chi connectivity index (χ1n) is 4.92. The molecule has 1 heterocycles. The lowest BCUT2D eigenvalue weighted by molar-refractivity contribution is -0.132. The molecule has 0 aromatic rings. The molecular formula is C10H17NO3. The summed E-state index contributed by atoms with van der Waals surface area (Å²) < 4.78 is 5.22. The fourth-order valence-electron chi connectivity index (χ4n) is 1.68. The van der Waals surface area contributed by atoms with Gasteiger partial charge in [-0.15, -0.1) is 0 Å². The molecule has 1 aliphatic rings. The molecule has 0 bridgehead atoms. The lowest BCUT2D eigenvalue weighted by Gasteiger charge is -2.31. The standard InChI is InChI=1S/C10H17NO3/c1-3-9(8(2)10(12)13)11-4-6-14-7-5-11/h3-7H2,1-2H3,(H,12,13). The molecule has 4 nitrogen and oxygen atoms in total. The van der Waals surface area contributed by atoms with Gasteiger partial charge >= 0.3 is 5.97 Å². The van der Waals surface area contributed by atoms with Gasteiger partial charge in [-0.2, -0.15) is 0 Å². The molecule has 0 aliphatic carbocycles. The number of aliphatic carboxylic acids is 1. The average Bonchev–Trinajstić information content (AvgIpc) is 2.20. The molecule has 14 heavy (non-hydrogen) atoms. The SMILES string of the molecule is CCC(=C(C)C(=O)O)N1CCOCC1. The van der Waals surface area contributed by atoms with Crippen molar-refractivity contribution in [1.29, 1.82) is 0 Å². The van der Waals surface area contributed by atoms with E-state index in [-0.39, 0.29) is 0 Å². The van der Waals surface area contributed by atoms with E-state index in [2.05, 4.69) is 4.90 Å². The van der Waals surface area contributed by atoms with Gasteiger partial charge in [-0.25, -0.2) is 4.79 Å². The van der Waals surface area contributed by atoms with Crippen LogP contribution in [-0.4, -0.2) is 42.3 Å². The summed E-state index contributed by atoms with van der Waals surface area (Å²) in [4.78, 5) is 12.9. The predicted octanol–water partition coefficient (Wildman–Crippen LogP) is 1.09. The summed E-state index contributed by atoms with van der Waals surface area (Å²) in [5.74, 6) is -0.826. The number of hydrogen-bond acceptors (Lipinski definition) is 3. The molecule has 1 N–H and O–H groups in total. The van der Waals surface area contributed by atoms with Crippen molar-refractivity contribution in [2.45, 2.75) is 20.3 Å². The lowest BCUT2D eigenvalue weighted by atomic mass is 10.1. The second-order valence-corrected chi connectivity index (χ2v) is 3.33. The van der Waals surface area contributed by atoms with Crippen LogP contribution in [0, 0.1) is 0 Å². The summed E-state index contributed by atoms with van der Waals surface area (Å²) in [5, 5.41) is 8.90. The van der Waals surface area contributed by atoms with Crippen LogP contribution in [0.15, 0.2) is 11.3 Å². The fourth-order valence-corrected chi connectivity index (χ4v) is 1.68. The molecule has 0 spiro atoms. The summed E-state index contributed by atoms with van der Waals surface area (Å²) in [6, 6.07) is 0. The van der Waals surface area contributed by atoms with E-state index in [9.17, 15) is 4.79 Å². The van der Waals surface area contributed by atoms with Gasteiger partial charge in [0.15, 0.2) is 0 Å². The van der Waals surface area contributed by atoms with E-state index in [0.717, 1.165) is 25.2 Å². The van der Waals surface area contributed by atoms with Crippen molar-refractivity contribution in [3.05, 3.63) is 11.3 Å². The summed E-state index contributed by atoms with van der Waals surface area (Å²) in [6.07, 6.45) is 0.762. The number of rotatable bonds is 3. The van der Waals surface area contributed by atoms with Gasteiger partial charge < -0.3 is 14.7 Å². The molecule has 0 unspecified atom stereocenters. The van der Waals surface area contributed by atoms with Crippen molar-refractivity contribution < 1.29 is 14.6 Å². The highest BCUT2D eigenvalue weighted by atomic mass is 16.5. The third-order valence-corrected chi connectivity index (χ3v) is 2.48. The van der Waals surface area contributed by atoms with Crippen LogP contribution in [0.3, 0.4) is 0 Å². The Morgan fingerprint density at radius 2 is 2.00 bits per heavy atom. The van der Waals surface area contributed by atoms with Gasteiger partial charge in [0.1, 0.15) is 0 Å². The van der Waals surface area contributed by atoms with Gasteiger partial charge in [0.05, 0.1) is 18.8 Å². The number of ether oxygens (including phenoxy) is 1. The van der Waals surface area contributed by atoms with Crippen LogP contribution in [-0.2, 0) is 9.53 Å². The van der Waals surface area contributed by atoms with Crippen molar-refractivity contribution in [3.8, 4) is 0 Å². The zero-order valence-corrected chi connectivity index (χ0v) is 8.75. The van der Waals surface area contributed by atoms with Gasteiger partial charge in [-0.1, -0.05) is 6.92 Å². The van der Waals surface area contributed by atoms with Crippen molar-refractivity contribution in [2.24, 2.45) is 0 Å². The second kappa shape index (κ2) is 5.00. The smallest absolute Gasteiger partial charge is 0.333 e. The molecule has 0 saturated carbocycles. The van der Waals surface area contributed by atoms with E-state index in [0.29, 0.717) is 18.8 Å². The molecule has 0 aromatic heterocycles. The van der Waals surface area contributed by atoms with Crippen molar-refractivity contribution in [3.63, 3.8) is 0 Å². The maximum Gasteiger partial charge on any atom is 0.333 e. The maximum absolute atomic E-state index is 10.8. The number of carboxylic acids is 1. The Labute approximate surface area is 84.2 Å². The van der Waals surface area contributed by atoms with Gasteiger partial charge in [-0.3, -0.25) is 0 Å². The highest BCUT2D eigenvalue weighted by Crippen LogP contribution is 2.15. The first-order chi connectivity index (χ1) is 6.66. The molecule has 4 heteroatoms. The van der Waals surface area contributed by atoms with Gasteiger partial charge in [-0.05, 0) is 13.3 Å². The third-order valence-electron chi connectivity index (χ3n) is 2.48. The van der Waals surface area contributed by atoms with Crippen LogP contribution in [0.25, 0.3) is 0 Å². The van der Waals surface area contributed by atoms with Crippen LogP contribution in [0.2, 0.25) is 0 Å². The van der Waals surface area contributed by atoms with E-state index < -0.39 is 5.97 Å². The minimum Gasteiger partial charge on any atom is -0.478 e. The Hall–Kier alpha value is -1.03. The molecule has 0 amide bonds. The number of nitrogens with zero attached hydrogens (tertiary/aromatic N) is 1. The van der Waals surface area contributed by atoms with Crippen LogP contribution in [0.4, 0.5) is 0 Å². The minimum atomic E-state index is -0.826. The van der Waals surface area contributed by atoms with E-state index in [1.807, 2.05) is 6.92 Å². The number of carboxylic acid groups (broad SMARTS) is 1. The zero-order valence-electron chi connectivity index (χ0n) is 8.75. The molecule has 1 aliphatic heterocycles. The quantitative estimate of drug-likeness (QED) is 0.691. The van der Waals surface area contributed by atoms with Crippen LogP contribution >= 0.6 is 0 Å². The number of carbonyl (C=O) groups is 1. The Kier molecular flexibility index (Phi) is 3.95. The summed E-state index contributed by atoms with van der Waals surface area (Å²) >= 11 is 0. The number of morpholine rings is 1. The van der Waals surface area contributed by atoms with E-state index in [4.69, 9.17) is 9.84 Å². The summed E-state index contributed by atoms with van der Waals surface area (Å²) in [5.41, 5.74) is 1.38. The first kappa shape index (κ1) is 11.0. The lowest BCUT2D eigenvalue weighted by Crippen LogP contribution is -2.36. The van der Waals surface area contributed by atoms with Crippen LogP contribution in [0.1, 0.15) is 20.3 Å². The Bertz CT molecular complexity index is 242. The monoisotopic (exact) mass is 199 g/mol. The summed E-state index contributed by atoms with van der Waals surface area (Å²) in [6.45, 7) is 6.63. The molecule has 0 radical (unpaired) electrons. The number of allylic oxidation sites excluding steroid dienone is 1. The minimum absolute atomic E-state index is 0.453. The average molecular weight is 199 g/mol. The van der Waals surface area contributed by atoms with Crippen molar-refractivity contribution in [1.82, 2.24) is 4.90 Å². The Morgan fingerprint density at radius 1 is 1.43 bits per heavy atom. The highest BCUT2D eigenvalue weighted by molar-refractivity contribution is 5.86. The van der Waals surface area contributed by atoms with Crippen LogP contribution in [0.5, 0.6) is 0 Å². The van der Waals surface area contributed by atoms with Gasteiger partial charge in [0, 0.05) is 18.8 Å². The van der Waals surface area contributed by atoms with E-state index in [1.165, 1.54) is 0 Å². The maximum atomic E-state index is 10.8. The molecule has 1 fully saturated rings. The second-order valence-electron chi connectivity index (χ2n) is 3.33.